The van der Waals surface area contributed by atoms with Gasteiger partial charge in [0.05, 0.1) is 0 Å². The topological polar surface area (TPSA) is 29.1 Å². The summed E-state index contributed by atoms with van der Waals surface area (Å²) in [7, 11) is 0. The van der Waals surface area contributed by atoms with Crippen LogP contribution in [0.4, 0.5) is 4.39 Å². The van der Waals surface area contributed by atoms with Crippen molar-refractivity contribution >= 4 is 6.29 Å². The van der Waals surface area contributed by atoms with Crippen molar-refractivity contribution in [2.75, 3.05) is 6.54 Å². The third-order valence-corrected chi connectivity index (χ3v) is 3.19. The largest absolute Gasteiger partial charge is 0.308 e. The number of carbonyl (C=O) groups excluding carboxylic acids is 1. The number of alkyl halides is 1. The Labute approximate surface area is 91.6 Å². The van der Waals surface area contributed by atoms with E-state index in [1.54, 1.807) is 0 Å². The molecular formula is C12H22FNO. The minimum absolute atomic E-state index is 0.263. The van der Waals surface area contributed by atoms with Gasteiger partial charge >= 0.3 is 0 Å². The first-order valence-electron chi connectivity index (χ1n) is 5.91. The van der Waals surface area contributed by atoms with E-state index in [1.807, 2.05) is 13.8 Å². The second-order valence-corrected chi connectivity index (χ2v) is 5.11. The maximum absolute atomic E-state index is 12.6. The fourth-order valence-electron chi connectivity index (χ4n) is 2.07. The Morgan fingerprint density at radius 1 is 1.53 bits per heavy atom. The summed E-state index contributed by atoms with van der Waals surface area (Å²) in [5.74, 6) is 0.530. The van der Waals surface area contributed by atoms with E-state index in [1.165, 1.54) is 19.3 Å². The minimum atomic E-state index is -0.565. The average molecular weight is 215 g/mol. The molecule has 1 aliphatic carbocycles. The van der Waals surface area contributed by atoms with Gasteiger partial charge in [-0.2, -0.15) is 0 Å². The van der Waals surface area contributed by atoms with Crippen LogP contribution in [0.15, 0.2) is 0 Å². The van der Waals surface area contributed by atoms with E-state index in [0.717, 1.165) is 12.7 Å². The fourth-order valence-corrected chi connectivity index (χ4v) is 2.07. The van der Waals surface area contributed by atoms with E-state index >= 15 is 0 Å². The molecule has 2 rings (SSSR count). The predicted octanol–water partition coefficient (Wildman–Crippen LogP) is 2.47. The quantitative estimate of drug-likeness (QED) is 0.717. The van der Waals surface area contributed by atoms with Gasteiger partial charge in [-0.1, -0.05) is 13.8 Å². The van der Waals surface area contributed by atoms with Crippen LogP contribution in [-0.4, -0.2) is 24.5 Å². The molecule has 0 bridgehead atoms. The van der Waals surface area contributed by atoms with Crippen LogP contribution in [0.5, 0.6) is 0 Å². The smallest absolute Gasteiger partial charge is 0.120 e. The molecule has 1 atom stereocenters. The van der Waals surface area contributed by atoms with E-state index in [2.05, 4.69) is 5.32 Å². The summed E-state index contributed by atoms with van der Waals surface area (Å²) in [6, 6.07) is 0. The summed E-state index contributed by atoms with van der Waals surface area (Å²) in [6.45, 7) is 4.64. The van der Waals surface area contributed by atoms with E-state index in [4.69, 9.17) is 0 Å². The van der Waals surface area contributed by atoms with Crippen molar-refractivity contribution in [2.45, 2.75) is 57.7 Å². The summed E-state index contributed by atoms with van der Waals surface area (Å²) in [5, 5.41) is 3.24. The molecule has 15 heavy (non-hydrogen) atoms. The van der Waals surface area contributed by atoms with Crippen LogP contribution >= 0.6 is 0 Å². The van der Waals surface area contributed by atoms with Crippen LogP contribution in [0, 0.1) is 5.92 Å². The highest BCUT2D eigenvalue weighted by atomic mass is 19.1. The number of hydrogen-bond donors (Lipinski definition) is 1. The van der Waals surface area contributed by atoms with Gasteiger partial charge in [-0.3, -0.25) is 0 Å². The van der Waals surface area contributed by atoms with Gasteiger partial charge < -0.3 is 10.1 Å². The third kappa shape index (κ3) is 3.90. The maximum Gasteiger partial charge on any atom is 0.120 e. The Bertz CT molecular complexity index is 202. The van der Waals surface area contributed by atoms with Crippen LogP contribution in [0.25, 0.3) is 0 Å². The first kappa shape index (κ1) is 12.6. The van der Waals surface area contributed by atoms with E-state index in [9.17, 15) is 9.18 Å². The van der Waals surface area contributed by atoms with Crippen LogP contribution < -0.4 is 5.32 Å². The molecule has 0 aromatic heterocycles. The first-order chi connectivity index (χ1) is 7.08. The third-order valence-electron chi connectivity index (χ3n) is 3.19. The Hall–Kier alpha value is -0.440. The van der Waals surface area contributed by atoms with Gasteiger partial charge in [0.2, 0.25) is 0 Å². The molecule has 1 aliphatic heterocycles. The lowest BCUT2D eigenvalue weighted by molar-refractivity contribution is -0.108. The zero-order valence-corrected chi connectivity index (χ0v) is 9.76. The normalized spacial score (nSPS) is 27.1. The summed E-state index contributed by atoms with van der Waals surface area (Å²) >= 11 is 0. The van der Waals surface area contributed by atoms with Crippen molar-refractivity contribution in [3.05, 3.63) is 0 Å². The van der Waals surface area contributed by atoms with Crippen molar-refractivity contribution in [3.8, 4) is 0 Å². The van der Waals surface area contributed by atoms with Crippen LogP contribution in [0.3, 0.4) is 0 Å². The van der Waals surface area contributed by atoms with Gasteiger partial charge in [0.15, 0.2) is 0 Å². The number of carbonyl (C=O) groups is 1. The molecule has 0 aromatic rings. The van der Waals surface area contributed by atoms with Crippen LogP contribution in [-0.2, 0) is 4.79 Å². The highest BCUT2D eigenvalue weighted by Gasteiger charge is 2.43. The van der Waals surface area contributed by atoms with Crippen molar-refractivity contribution < 1.29 is 9.18 Å². The standard InChI is InChI=1S/C7H12FN.C5H10O/c8-6-4-7(9-5-6)2-1-3-7;1-5(2)3-4-6/h6,9H,1-5H2;4-5H,3H2,1-2H3. The molecule has 1 unspecified atom stereocenters. The summed E-state index contributed by atoms with van der Waals surface area (Å²) in [6.07, 6.45) is 5.54. The SMILES string of the molecule is CC(C)CC=O.FC1CNC2(CCC2)C1. The minimum Gasteiger partial charge on any atom is -0.308 e. The Balaban J connectivity index is 0.000000167. The lowest BCUT2D eigenvalue weighted by atomic mass is 9.76. The summed E-state index contributed by atoms with van der Waals surface area (Å²) in [4.78, 5) is 9.62. The van der Waals surface area contributed by atoms with Crippen LogP contribution in [0.2, 0.25) is 0 Å². The molecule has 2 nitrogen and oxygen atoms in total. The highest BCUT2D eigenvalue weighted by Crippen LogP contribution is 2.39. The molecule has 0 radical (unpaired) electrons. The second kappa shape index (κ2) is 5.59. The molecule has 1 saturated heterocycles. The lowest BCUT2D eigenvalue weighted by Crippen LogP contribution is -2.45. The number of rotatable bonds is 2. The number of hydrogen-bond acceptors (Lipinski definition) is 2. The molecule has 2 fully saturated rings. The predicted molar refractivity (Wildman–Crippen MR) is 59.6 cm³/mol. The molecule has 1 saturated carbocycles. The van der Waals surface area contributed by atoms with Crippen molar-refractivity contribution in [2.24, 2.45) is 5.92 Å². The van der Waals surface area contributed by atoms with Gasteiger partial charge in [0, 0.05) is 18.5 Å². The van der Waals surface area contributed by atoms with Crippen molar-refractivity contribution in [3.63, 3.8) is 0 Å². The molecule has 88 valence electrons. The van der Waals surface area contributed by atoms with Gasteiger partial charge in [0.25, 0.3) is 0 Å². The zero-order chi connectivity index (χ0) is 11.3. The molecule has 1 N–H and O–H groups in total. The number of halogens is 1. The monoisotopic (exact) mass is 215 g/mol. The molecule has 0 aromatic carbocycles. The highest BCUT2D eigenvalue weighted by molar-refractivity contribution is 5.49. The average Bonchev–Trinajstić information content (AvgIpc) is 2.48. The Morgan fingerprint density at radius 3 is 2.33 bits per heavy atom. The fraction of sp³-hybridized carbons (Fsp3) is 0.917. The van der Waals surface area contributed by atoms with Crippen molar-refractivity contribution in [1.82, 2.24) is 5.32 Å². The molecule has 0 amide bonds. The number of aldehydes is 1. The second-order valence-electron chi connectivity index (χ2n) is 5.11. The molecule has 3 heteroatoms. The van der Waals surface area contributed by atoms with E-state index in [-0.39, 0.29) is 5.54 Å². The van der Waals surface area contributed by atoms with Gasteiger partial charge in [-0.15, -0.1) is 0 Å². The number of nitrogens with one attached hydrogen (secondary N) is 1. The van der Waals surface area contributed by atoms with Crippen LogP contribution in [0.1, 0.15) is 46.0 Å². The Kier molecular flexibility index (Phi) is 4.71. The van der Waals surface area contributed by atoms with E-state index in [0.29, 0.717) is 18.9 Å². The molecular weight excluding hydrogens is 193 g/mol. The first-order valence-corrected chi connectivity index (χ1v) is 5.91. The lowest BCUT2D eigenvalue weighted by Gasteiger charge is -2.38. The summed E-state index contributed by atoms with van der Waals surface area (Å²) < 4.78 is 12.6. The van der Waals surface area contributed by atoms with Crippen molar-refractivity contribution in [1.29, 1.82) is 0 Å². The molecule has 2 aliphatic rings. The Morgan fingerprint density at radius 2 is 2.20 bits per heavy atom. The van der Waals surface area contributed by atoms with Gasteiger partial charge in [0.1, 0.15) is 12.5 Å². The van der Waals surface area contributed by atoms with Gasteiger partial charge in [-0.05, 0) is 31.6 Å². The zero-order valence-electron chi connectivity index (χ0n) is 9.76. The van der Waals surface area contributed by atoms with E-state index < -0.39 is 6.17 Å². The molecule has 1 spiro atoms. The summed E-state index contributed by atoms with van der Waals surface area (Å²) in [5.41, 5.74) is 0.263. The maximum atomic E-state index is 12.6. The van der Waals surface area contributed by atoms with Gasteiger partial charge in [-0.25, -0.2) is 4.39 Å². The molecule has 1 heterocycles.